The van der Waals surface area contributed by atoms with Gasteiger partial charge < -0.3 is 9.26 Å². The lowest BCUT2D eigenvalue weighted by molar-refractivity contribution is 0.00408. The Hall–Kier alpha value is -2.68. The average Bonchev–Trinajstić information content (AvgIpc) is 2.80. The van der Waals surface area contributed by atoms with Gasteiger partial charge in [-0.1, -0.05) is 61.5 Å². The zero-order valence-corrected chi connectivity index (χ0v) is 18.4. The molecule has 0 aliphatic rings. The van der Waals surface area contributed by atoms with E-state index in [1.54, 1.807) is 24.3 Å². The van der Waals surface area contributed by atoms with E-state index in [1.807, 2.05) is 87.5 Å². The van der Waals surface area contributed by atoms with Gasteiger partial charge in [-0.15, -0.1) is 0 Å². The summed E-state index contributed by atoms with van der Waals surface area (Å²) in [5.41, 5.74) is 0.504. The van der Waals surface area contributed by atoms with Gasteiger partial charge in [-0.05, 0) is 50.2 Å². The highest BCUT2D eigenvalue weighted by molar-refractivity contribution is 7.74. The predicted octanol–water partition coefficient (Wildman–Crippen LogP) is 5.20. The van der Waals surface area contributed by atoms with Crippen molar-refractivity contribution in [2.75, 3.05) is 0 Å². The maximum Gasteiger partial charge on any atom is 0.338 e. The molecular formula is C25H27O4P. The molecule has 0 aromatic heterocycles. The summed E-state index contributed by atoms with van der Waals surface area (Å²) in [5.74, 6) is -0.546. The van der Waals surface area contributed by atoms with E-state index < -0.39 is 19.6 Å². The second-order valence-corrected chi connectivity index (χ2v) is 9.72. The first-order valence-corrected chi connectivity index (χ1v) is 11.7. The molecule has 5 heteroatoms. The Morgan fingerprint density at radius 3 is 1.60 bits per heavy atom. The van der Waals surface area contributed by atoms with Crippen LogP contribution in [0.15, 0.2) is 91.0 Å². The fraction of sp³-hybridized carbons (Fsp3) is 0.240. The number of hydrogen-bond acceptors (Lipinski definition) is 4. The van der Waals surface area contributed by atoms with Crippen molar-refractivity contribution in [1.82, 2.24) is 0 Å². The third-order valence-electron chi connectivity index (χ3n) is 5.29. The van der Waals surface area contributed by atoms with E-state index in [-0.39, 0.29) is 11.9 Å². The van der Waals surface area contributed by atoms with Crippen molar-refractivity contribution in [3.8, 4) is 0 Å². The van der Waals surface area contributed by atoms with Gasteiger partial charge in [0.15, 0.2) is 0 Å². The lowest BCUT2D eigenvalue weighted by Crippen LogP contribution is -2.33. The minimum absolute atomic E-state index is 0.168. The first-order valence-electron chi connectivity index (χ1n) is 10.1. The molecule has 0 N–H and O–H groups in total. The van der Waals surface area contributed by atoms with Crippen LogP contribution in [0.25, 0.3) is 0 Å². The molecule has 0 saturated carbocycles. The van der Waals surface area contributed by atoms with Crippen LogP contribution in [0.4, 0.5) is 0 Å². The second kappa shape index (κ2) is 9.88. The molecule has 3 aromatic rings. The number of rotatable bonds is 8. The molecule has 0 saturated heterocycles. The maximum absolute atomic E-state index is 14.1. The summed E-state index contributed by atoms with van der Waals surface area (Å²) in [6.45, 7) is 5.64. The molecule has 4 nitrogen and oxygen atoms in total. The first-order chi connectivity index (χ1) is 14.4. The van der Waals surface area contributed by atoms with Crippen molar-refractivity contribution in [2.45, 2.75) is 33.0 Å². The Morgan fingerprint density at radius 1 is 0.700 bits per heavy atom. The van der Waals surface area contributed by atoms with Gasteiger partial charge in [-0.3, -0.25) is 4.57 Å². The van der Waals surface area contributed by atoms with Gasteiger partial charge in [0.05, 0.1) is 11.7 Å². The Bertz CT molecular complexity index is 946. The van der Waals surface area contributed by atoms with Crippen molar-refractivity contribution in [3.63, 3.8) is 0 Å². The van der Waals surface area contributed by atoms with Crippen LogP contribution in [0.1, 0.15) is 31.1 Å². The third-order valence-corrected chi connectivity index (χ3v) is 7.88. The quantitative estimate of drug-likeness (QED) is 0.370. The zero-order valence-electron chi connectivity index (χ0n) is 17.5. The molecule has 0 aliphatic carbocycles. The molecule has 3 aromatic carbocycles. The highest BCUT2D eigenvalue weighted by atomic mass is 31.2. The van der Waals surface area contributed by atoms with Crippen LogP contribution in [0.3, 0.4) is 0 Å². The minimum Gasteiger partial charge on any atom is -0.459 e. The summed E-state index contributed by atoms with van der Waals surface area (Å²) in [4.78, 5) is 12.4. The van der Waals surface area contributed by atoms with Crippen molar-refractivity contribution >= 4 is 23.9 Å². The van der Waals surface area contributed by atoms with Crippen molar-refractivity contribution < 1.29 is 18.6 Å². The van der Waals surface area contributed by atoms with Crippen molar-refractivity contribution in [1.29, 1.82) is 0 Å². The monoisotopic (exact) mass is 422 g/mol. The molecule has 3 unspecified atom stereocenters. The minimum atomic E-state index is -3.31. The van der Waals surface area contributed by atoms with Gasteiger partial charge in [0, 0.05) is 16.5 Å². The van der Waals surface area contributed by atoms with Gasteiger partial charge in [0.1, 0.15) is 6.10 Å². The largest absolute Gasteiger partial charge is 0.459 e. The van der Waals surface area contributed by atoms with Crippen molar-refractivity contribution in [2.24, 2.45) is 5.92 Å². The Kier molecular flexibility index (Phi) is 7.25. The molecule has 3 atom stereocenters. The molecular weight excluding hydrogens is 395 g/mol. The summed E-state index contributed by atoms with van der Waals surface area (Å²) in [6, 6.07) is 27.4. The number of carbonyl (C=O) groups is 1. The maximum atomic E-state index is 14.1. The van der Waals surface area contributed by atoms with Crippen LogP contribution in [0.5, 0.6) is 0 Å². The van der Waals surface area contributed by atoms with E-state index in [0.717, 1.165) is 0 Å². The van der Waals surface area contributed by atoms with E-state index in [1.165, 1.54) is 0 Å². The van der Waals surface area contributed by atoms with Crippen LogP contribution < -0.4 is 10.6 Å². The van der Waals surface area contributed by atoms with E-state index >= 15 is 0 Å². The van der Waals surface area contributed by atoms with Crippen molar-refractivity contribution in [3.05, 3.63) is 96.6 Å². The Balaban J connectivity index is 1.78. The standard InChI is InChI=1S/C25H27O4P/c1-19(20(2)28-25(26)22-13-7-4-8-14-22)21(3)29-30(27,23-15-9-5-10-16-23)24-17-11-6-12-18-24/h4-21H,1-3H3. The van der Waals surface area contributed by atoms with Gasteiger partial charge >= 0.3 is 5.97 Å². The summed E-state index contributed by atoms with van der Waals surface area (Å²) in [5, 5.41) is 1.29. The topological polar surface area (TPSA) is 52.6 Å². The Morgan fingerprint density at radius 2 is 1.13 bits per heavy atom. The van der Waals surface area contributed by atoms with Crippen LogP contribution >= 0.6 is 7.37 Å². The number of hydrogen-bond donors (Lipinski definition) is 0. The molecule has 0 aliphatic heterocycles. The van der Waals surface area contributed by atoms with E-state index in [0.29, 0.717) is 16.2 Å². The summed E-state index contributed by atoms with van der Waals surface area (Å²) in [6.07, 6.45) is -0.817. The number of ether oxygens (including phenoxy) is 1. The Labute approximate surface area is 178 Å². The normalized spacial score (nSPS) is 14.5. The van der Waals surface area contributed by atoms with E-state index in [4.69, 9.17) is 9.26 Å². The summed E-state index contributed by atoms with van der Waals surface area (Å²) >= 11 is 0. The molecule has 0 heterocycles. The number of benzene rings is 3. The highest BCUT2D eigenvalue weighted by Crippen LogP contribution is 2.47. The fourth-order valence-electron chi connectivity index (χ4n) is 3.15. The third kappa shape index (κ3) is 5.08. The van der Waals surface area contributed by atoms with Crippen LogP contribution in [-0.2, 0) is 13.8 Å². The smallest absolute Gasteiger partial charge is 0.338 e. The van der Waals surface area contributed by atoms with E-state index in [9.17, 15) is 9.36 Å². The van der Waals surface area contributed by atoms with Gasteiger partial charge in [-0.25, -0.2) is 4.79 Å². The van der Waals surface area contributed by atoms with Gasteiger partial charge in [-0.2, -0.15) is 0 Å². The lowest BCUT2D eigenvalue weighted by Gasteiger charge is -2.30. The number of carbonyl (C=O) groups excluding carboxylic acids is 1. The lowest BCUT2D eigenvalue weighted by atomic mass is 10.0. The summed E-state index contributed by atoms with van der Waals surface area (Å²) < 4.78 is 25.9. The molecule has 3 rings (SSSR count). The first kappa shape index (κ1) is 22.0. The molecule has 0 spiro atoms. The van der Waals surface area contributed by atoms with Crippen LogP contribution in [0.2, 0.25) is 0 Å². The average molecular weight is 422 g/mol. The van der Waals surface area contributed by atoms with Crippen LogP contribution in [0, 0.1) is 5.92 Å². The zero-order chi connectivity index (χ0) is 21.6. The van der Waals surface area contributed by atoms with E-state index in [2.05, 4.69) is 0 Å². The molecule has 30 heavy (non-hydrogen) atoms. The number of esters is 1. The molecule has 0 amide bonds. The molecule has 0 fully saturated rings. The summed E-state index contributed by atoms with van der Waals surface area (Å²) in [7, 11) is -3.31. The molecule has 0 bridgehead atoms. The van der Waals surface area contributed by atoms with Gasteiger partial charge in [0.2, 0.25) is 0 Å². The predicted molar refractivity (Wildman–Crippen MR) is 121 cm³/mol. The fourth-order valence-corrected chi connectivity index (χ4v) is 5.48. The highest BCUT2D eigenvalue weighted by Gasteiger charge is 2.34. The molecule has 0 radical (unpaired) electrons. The molecule has 156 valence electrons. The second-order valence-electron chi connectivity index (χ2n) is 7.37. The van der Waals surface area contributed by atoms with Gasteiger partial charge in [0.25, 0.3) is 7.37 Å². The van der Waals surface area contributed by atoms with Crippen LogP contribution in [-0.4, -0.2) is 18.2 Å². The SMILES string of the molecule is CC(OC(=O)c1ccccc1)C(C)C(C)OP(=O)(c1ccccc1)c1ccccc1.